The number of benzene rings is 1. The van der Waals surface area contributed by atoms with E-state index in [0.29, 0.717) is 16.6 Å². The maximum atomic E-state index is 6.17. The zero-order chi connectivity index (χ0) is 13.1. The highest BCUT2D eigenvalue weighted by molar-refractivity contribution is 9.10. The molecule has 94 valence electrons. The van der Waals surface area contributed by atoms with Crippen LogP contribution < -0.4 is 10.5 Å². The Labute approximate surface area is 118 Å². The average Bonchev–Trinajstić information content (AvgIpc) is 2.36. The molecule has 0 amide bonds. The summed E-state index contributed by atoms with van der Waals surface area (Å²) in [6, 6.07) is 5.05. The van der Waals surface area contributed by atoms with Gasteiger partial charge in [0.1, 0.15) is 5.69 Å². The van der Waals surface area contributed by atoms with Crippen LogP contribution in [-0.4, -0.2) is 17.1 Å². The Balaban J connectivity index is 2.44. The van der Waals surface area contributed by atoms with Gasteiger partial charge in [0.05, 0.1) is 13.2 Å². The first-order chi connectivity index (χ1) is 8.61. The van der Waals surface area contributed by atoms with Crippen LogP contribution in [0.3, 0.4) is 0 Å². The molecule has 18 heavy (non-hydrogen) atoms. The lowest BCUT2D eigenvalue weighted by atomic mass is 10.0. The first-order valence-corrected chi connectivity index (χ1v) is 6.35. The van der Waals surface area contributed by atoms with E-state index in [9.17, 15) is 0 Å². The molecule has 0 saturated heterocycles. The fraction of sp³-hybridized carbons (Fsp3) is 0.167. The first kappa shape index (κ1) is 13.3. The molecular weight excluding hydrogens is 318 g/mol. The Morgan fingerprint density at radius 3 is 2.67 bits per heavy atom. The number of halogens is 2. The summed E-state index contributed by atoms with van der Waals surface area (Å²) >= 11 is 9.38. The lowest BCUT2D eigenvalue weighted by Gasteiger charge is -2.14. The number of hydrogen-bond acceptors (Lipinski definition) is 4. The van der Waals surface area contributed by atoms with Gasteiger partial charge in [-0.1, -0.05) is 27.5 Å². The van der Waals surface area contributed by atoms with E-state index in [4.69, 9.17) is 22.1 Å². The maximum absolute atomic E-state index is 6.17. The number of methoxy groups -OCH3 is 1. The van der Waals surface area contributed by atoms with Crippen molar-refractivity contribution in [3.8, 4) is 5.88 Å². The molecule has 0 spiro atoms. The summed E-state index contributed by atoms with van der Waals surface area (Å²) in [7, 11) is 1.54. The van der Waals surface area contributed by atoms with Crippen LogP contribution in [0.5, 0.6) is 5.88 Å². The number of aromatic nitrogens is 2. The Morgan fingerprint density at radius 2 is 2.00 bits per heavy atom. The van der Waals surface area contributed by atoms with Gasteiger partial charge in [-0.25, -0.2) is 4.98 Å². The van der Waals surface area contributed by atoms with Gasteiger partial charge >= 0.3 is 0 Å². The van der Waals surface area contributed by atoms with Gasteiger partial charge in [-0.05, 0) is 23.8 Å². The van der Waals surface area contributed by atoms with Crippen LogP contribution in [-0.2, 0) is 0 Å². The maximum Gasteiger partial charge on any atom is 0.237 e. The summed E-state index contributed by atoms with van der Waals surface area (Å²) < 4.78 is 6.01. The smallest absolute Gasteiger partial charge is 0.237 e. The van der Waals surface area contributed by atoms with Gasteiger partial charge in [-0.3, -0.25) is 4.98 Å². The summed E-state index contributed by atoms with van der Waals surface area (Å²) in [4.78, 5) is 8.29. The predicted molar refractivity (Wildman–Crippen MR) is 73.8 cm³/mol. The minimum Gasteiger partial charge on any atom is -0.480 e. The number of rotatable bonds is 3. The quantitative estimate of drug-likeness (QED) is 0.941. The topological polar surface area (TPSA) is 61.0 Å². The van der Waals surface area contributed by atoms with E-state index in [1.54, 1.807) is 24.5 Å². The van der Waals surface area contributed by atoms with Crippen LogP contribution in [0.25, 0.3) is 0 Å². The molecule has 0 aliphatic heterocycles. The van der Waals surface area contributed by atoms with Gasteiger partial charge in [0.15, 0.2) is 0 Å². The molecule has 0 radical (unpaired) electrons. The third kappa shape index (κ3) is 2.80. The lowest BCUT2D eigenvalue weighted by molar-refractivity contribution is 0.387. The van der Waals surface area contributed by atoms with E-state index in [-0.39, 0.29) is 0 Å². The third-order valence-electron chi connectivity index (χ3n) is 2.42. The second-order valence-electron chi connectivity index (χ2n) is 3.63. The zero-order valence-electron chi connectivity index (χ0n) is 9.60. The molecule has 1 unspecified atom stereocenters. The molecule has 1 heterocycles. The molecule has 2 N–H and O–H groups in total. The largest absolute Gasteiger partial charge is 0.480 e. The summed E-state index contributed by atoms with van der Waals surface area (Å²) in [5.74, 6) is 0.418. The van der Waals surface area contributed by atoms with E-state index >= 15 is 0 Å². The Morgan fingerprint density at radius 1 is 1.28 bits per heavy atom. The third-order valence-corrected chi connectivity index (χ3v) is 3.10. The molecule has 0 saturated carbocycles. The molecule has 1 atom stereocenters. The monoisotopic (exact) mass is 327 g/mol. The average molecular weight is 329 g/mol. The Bertz CT molecular complexity index is 545. The number of nitrogens with two attached hydrogens (primary N) is 1. The van der Waals surface area contributed by atoms with Crippen LogP contribution >= 0.6 is 27.5 Å². The predicted octanol–water partition coefficient (Wildman–Crippen LogP) is 2.95. The molecule has 2 aromatic rings. The van der Waals surface area contributed by atoms with Gasteiger partial charge in [0.2, 0.25) is 5.88 Å². The molecule has 6 heteroatoms. The Kier molecular flexibility index (Phi) is 4.16. The minimum atomic E-state index is -0.441. The summed E-state index contributed by atoms with van der Waals surface area (Å²) in [6.07, 6.45) is 3.14. The fourth-order valence-electron chi connectivity index (χ4n) is 1.62. The number of ether oxygens (including phenoxy) is 1. The van der Waals surface area contributed by atoms with Gasteiger partial charge in [0, 0.05) is 21.9 Å². The van der Waals surface area contributed by atoms with Crippen LogP contribution in [0.4, 0.5) is 0 Å². The second kappa shape index (κ2) is 5.65. The SMILES string of the molecule is COc1nccnc1C(N)c1cc(Cl)cc(Br)c1. The van der Waals surface area contributed by atoms with Gasteiger partial charge in [0.25, 0.3) is 0 Å². The van der Waals surface area contributed by atoms with Crippen LogP contribution in [0, 0.1) is 0 Å². The number of hydrogen-bond donors (Lipinski definition) is 1. The molecule has 1 aromatic heterocycles. The molecule has 0 bridgehead atoms. The van der Waals surface area contributed by atoms with Crippen molar-refractivity contribution >= 4 is 27.5 Å². The summed E-state index contributed by atoms with van der Waals surface area (Å²) in [5, 5.41) is 0.609. The lowest BCUT2D eigenvalue weighted by Crippen LogP contribution is -2.15. The highest BCUT2D eigenvalue weighted by Gasteiger charge is 2.17. The van der Waals surface area contributed by atoms with Crippen molar-refractivity contribution in [3.63, 3.8) is 0 Å². The normalized spacial score (nSPS) is 12.2. The number of nitrogens with zero attached hydrogens (tertiary/aromatic N) is 2. The van der Waals surface area contributed by atoms with E-state index in [2.05, 4.69) is 25.9 Å². The second-order valence-corrected chi connectivity index (χ2v) is 4.98. The highest BCUT2D eigenvalue weighted by Crippen LogP contribution is 2.28. The van der Waals surface area contributed by atoms with Gasteiger partial charge < -0.3 is 10.5 Å². The van der Waals surface area contributed by atoms with Crippen molar-refractivity contribution in [1.82, 2.24) is 9.97 Å². The minimum absolute atomic E-state index is 0.418. The van der Waals surface area contributed by atoms with E-state index in [1.807, 2.05) is 6.07 Å². The highest BCUT2D eigenvalue weighted by atomic mass is 79.9. The van der Waals surface area contributed by atoms with Crippen molar-refractivity contribution in [2.45, 2.75) is 6.04 Å². The van der Waals surface area contributed by atoms with E-state index in [1.165, 1.54) is 7.11 Å². The molecule has 0 fully saturated rings. The molecule has 0 aliphatic rings. The molecule has 2 rings (SSSR count). The van der Waals surface area contributed by atoms with E-state index < -0.39 is 6.04 Å². The van der Waals surface area contributed by atoms with Crippen molar-refractivity contribution in [2.24, 2.45) is 5.73 Å². The molecule has 4 nitrogen and oxygen atoms in total. The molecular formula is C12H11BrClN3O. The van der Waals surface area contributed by atoms with Crippen molar-refractivity contribution in [1.29, 1.82) is 0 Å². The van der Waals surface area contributed by atoms with Gasteiger partial charge in [-0.2, -0.15) is 0 Å². The van der Waals surface area contributed by atoms with Crippen molar-refractivity contribution in [3.05, 3.63) is 51.3 Å². The first-order valence-electron chi connectivity index (χ1n) is 5.18. The molecule has 0 aliphatic carbocycles. The molecule has 1 aromatic carbocycles. The van der Waals surface area contributed by atoms with Gasteiger partial charge in [-0.15, -0.1) is 0 Å². The fourth-order valence-corrected chi connectivity index (χ4v) is 2.51. The van der Waals surface area contributed by atoms with Crippen LogP contribution in [0.15, 0.2) is 35.1 Å². The van der Waals surface area contributed by atoms with E-state index in [0.717, 1.165) is 10.0 Å². The van der Waals surface area contributed by atoms with Crippen LogP contribution in [0.2, 0.25) is 5.02 Å². The summed E-state index contributed by atoms with van der Waals surface area (Å²) in [6.45, 7) is 0. The standard InChI is InChI=1S/C12H11BrClN3O/c1-18-12-11(16-2-3-17-12)10(15)7-4-8(13)6-9(14)5-7/h2-6,10H,15H2,1H3. The van der Waals surface area contributed by atoms with Crippen molar-refractivity contribution in [2.75, 3.05) is 7.11 Å². The zero-order valence-corrected chi connectivity index (χ0v) is 11.9. The van der Waals surface area contributed by atoms with Crippen LogP contribution in [0.1, 0.15) is 17.3 Å². The van der Waals surface area contributed by atoms with Crippen molar-refractivity contribution < 1.29 is 4.74 Å². The summed E-state index contributed by atoms with van der Waals surface area (Å²) in [5.41, 5.74) is 7.59. The Hall–Kier alpha value is -1.17.